The topological polar surface area (TPSA) is 236 Å². The van der Waals surface area contributed by atoms with E-state index in [-0.39, 0.29) is 116 Å². The monoisotopic (exact) mass is 822 g/mol. The fourth-order valence-corrected chi connectivity index (χ4v) is 8.85. The molecule has 0 aliphatic heterocycles. The number of nitrogens with one attached hydrogen (secondary N) is 2. The van der Waals surface area contributed by atoms with Gasteiger partial charge in [-0.25, -0.2) is 0 Å². The number of ketones is 4. The Morgan fingerprint density at radius 3 is 1.25 bits per heavy atom. The van der Waals surface area contributed by atoms with Crippen LogP contribution in [0.1, 0.15) is 128 Å². The highest BCUT2D eigenvalue weighted by Crippen LogP contribution is 2.44. The third-order valence-corrected chi connectivity index (χ3v) is 11.9. The van der Waals surface area contributed by atoms with E-state index in [1.54, 1.807) is 24.3 Å². The number of anilines is 4. The fourth-order valence-electron chi connectivity index (χ4n) is 8.85. The number of aromatic nitrogens is 2. The number of hydrogen-bond acceptors (Lipinski definition) is 13. The van der Waals surface area contributed by atoms with Crippen molar-refractivity contribution in [1.82, 2.24) is 10.2 Å². The van der Waals surface area contributed by atoms with Crippen LogP contribution in [0.2, 0.25) is 0 Å². The Hall–Kier alpha value is -6.84. The van der Waals surface area contributed by atoms with Gasteiger partial charge in [-0.05, 0) is 37.8 Å². The Morgan fingerprint density at radius 1 is 0.541 bits per heavy atom. The number of carbonyl (C=O) groups is 6. The molecule has 2 saturated carbocycles. The van der Waals surface area contributed by atoms with Gasteiger partial charge in [0.1, 0.15) is 13.2 Å². The van der Waals surface area contributed by atoms with Gasteiger partial charge in [-0.2, -0.15) is 0 Å². The summed E-state index contributed by atoms with van der Waals surface area (Å²) in [5.41, 5.74) is 13.2. The van der Waals surface area contributed by atoms with Gasteiger partial charge < -0.3 is 36.0 Å². The molecule has 5 aromatic rings. The smallest absolute Gasteiger partial charge is 0.250 e. The van der Waals surface area contributed by atoms with Crippen LogP contribution in [-0.4, -0.2) is 70.6 Å². The molecule has 0 atom stereocenters. The highest BCUT2D eigenvalue weighted by molar-refractivity contribution is 6.34. The lowest BCUT2D eigenvalue weighted by atomic mass is 9.81. The Balaban J connectivity index is 1.11. The molecule has 61 heavy (non-hydrogen) atoms. The van der Waals surface area contributed by atoms with Gasteiger partial charge in [-0.3, -0.25) is 28.8 Å². The number of nitrogen functional groups attached to an aromatic ring is 2. The van der Waals surface area contributed by atoms with Gasteiger partial charge in [0.05, 0.1) is 68.3 Å². The van der Waals surface area contributed by atoms with Crippen molar-refractivity contribution in [2.75, 3.05) is 35.3 Å². The Morgan fingerprint density at radius 2 is 0.885 bits per heavy atom. The van der Waals surface area contributed by atoms with Crippen LogP contribution in [0.3, 0.4) is 0 Å². The van der Waals surface area contributed by atoms with Gasteiger partial charge in [-0.1, -0.05) is 87.1 Å². The second kappa shape index (κ2) is 16.3. The molecule has 310 valence electrons. The molecule has 1 heterocycles. The number of nitrogens with two attached hydrogens (primary N) is 2. The SMILES string of the molecule is Nc1c(-c2nnc(-c3cc(NC(=O)COC4CCCCC4)c4c(c3N)C(=O)c3ccccc3C4=O)o2)cc(NC(=O)COC2CCCCC2)c2c1C(=O)c1ccccc1C2=O. The molecule has 15 heteroatoms. The van der Waals surface area contributed by atoms with Crippen molar-refractivity contribution in [3.63, 3.8) is 0 Å². The van der Waals surface area contributed by atoms with Gasteiger partial charge in [-0.15, -0.1) is 10.2 Å². The summed E-state index contributed by atoms with van der Waals surface area (Å²) < 4.78 is 18.0. The zero-order valence-corrected chi connectivity index (χ0v) is 33.1. The van der Waals surface area contributed by atoms with Crippen molar-refractivity contribution in [3.8, 4) is 22.9 Å². The Kier molecular flexibility index (Phi) is 10.6. The summed E-state index contributed by atoms with van der Waals surface area (Å²) in [6.07, 6.45) is 9.49. The van der Waals surface area contributed by atoms with Crippen molar-refractivity contribution in [2.24, 2.45) is 0 Å². The van der Waals surface area contributed by atoms with E-state index in [4.69, 9.17) is 25.4 Å². The van der Waals surface area contributed by atoms with Crippen LogP contribution in [0, 0.1) is 0 Å². The molecule has 4 aliphatic carbocycles. The summed E-state index contributed by atoms with van der Waals surface area (Å²) in [7, 11) is 0. The van der Waals surface area contributed by atoms with Crippen molar-refractivity contribution in [2.45, 2.75) is 76.4 Å². The molecule has 2 amide bonds. The van der Waals surface area contributed by atoms with Crippen LogP contribution in [0.15, 0.2) is 65.1 Å². The average molecular weight is 823 g/mol. The van der Waals surface area contributed by atoms with Crippen LogP contribution in [0.5, 0.6) is 0 Å². The third kappa shape index (κ3) is 7.29. The lowest BCUT2D eigenvalue weighted by Crippen LogP contribution is -2.28. The summed E-state index contributed by atoms with van der Waals surface area (Å²) in [6.45, 7) is -0.561. The zero-order valence-electron chi connectivity index (χ0n) is 33.1. The lowest BCUT2D eigenvalue weighted by molar-refractivity contribution is -0.123. The van der Waals surface area contributed by atoms with Gasteiger partial charge in [0.25, 0.3) is 0 Å². The lowest BCUT2D eigenvalue weighted by Gasteiger charge is -2.24. The number of hydrogen-bond donors (Lipinski definition) is 4. The molecule has 0 bridgehead atoms. The molecular formula is C46H42N6O9. The minimum atomic E-state index is -0.548. The first-order chi connectivity index (χ1) is 29.6. The van der Waals surface area contributed by atoms with Crippen LogP contribution in [0.25, 0.3) is 22.9 Å². The van der Waals surface area contributed by atoms with E-state index in [1.807, 2.05) is 0 Å². The zero-order chi connectivity index (χ0) is 42.4. The molecule has 1 aromatic heterocycles. The normalized spacial score (nSPS) is 16.4. The molecule has 4 aromatic carbocycles. The minimum Gasteiger partial charge on any atom is -0.416 e. The second-order valence-corrected chi connectivity index (χ2v) is 15.8. The molecule has 0 unspecified atom stereocenters. The number of fused-ring (bicyclic) bond motifs is 4. The third-order valence-electron chi connectivity index (χ3n) is 11.9. The first-order valence-electron chi connectivity index (χ1n) is 20.6. The van der Waals surface area contributed by atoms with Crippen molar-refractivity contribution in [1.29, 1.82) is 0 Å². The quantitative estimate of drug-likeness (QED) is 0.105. The molecular weight excluding hydrogens is 781 g/mol. The van der Waals surface area contributed by atoms with E-state index in [2.05, 4.69) is 20.8 Å². The van der Waals surface area contributed by atoms with E-state index in [0.29, 0.717) is 0 Å². The van der Waals surface area contributed by atoms with E-state index < -0.39 is 34.9 Å². The van der Waals surface area contributed by atoms with Crippen molar-refractivity contribution >= 4 is 57.7 Å². The average Bonchev–Trinajstić information content (AvgIpc) is 3.77. The first kappa shape index (κ1) is 39.6. The molecule has 15 nitrogen and oxygen atoms in total. The van der Waals surface area contributed by atoms with E-state index in [9.17, 15) is 28.8 Å². The van der Waals surface area contributed by atoms with E-state index in [1.165, 1.54) is 36.4 Å². The molecule has 6 N–H and O–H groups in total. The second-order valence-electron chi connectivity index (χ2n) is 15.8. The van der Waals surface area contributed by atoms with Crippen LogP contribution in [0.4, 0.5) is 22.7 Å². The Bertz CT molecular complexity index is 2490. The summed E-state index contributed by atoms with van der Waals surface area (Å²) in [5, 5.41) is 14.0. The van der Waals surface area contributed by atoms with Crippen LogP contribution in [-0.2, 0) is 19.1 Å². The summed E-state index contributed by atoms with van der Waals surface area (Å²) >= 11 is 0. The maximum absolute atomic E-state index is 14.1. The Labute approximate surface area is 349 Å². The predicted molar refractivity (Wildman–Crippen MR) is 224 cm³/mol. The molecule has 0 spiro atoms. The largest absolute Gasteiger partial charge is 0.416 e. The highest BCUT2D eigenvalue weighted by Gasteiger charge is 2.38. The number of ether oxygens (including phenoxy) is 2. The maximum atomic E-state index is 14.1. The number of benzene rings is 4. The minimum absolute atomic E-state index is 0.0134. The standard InChI is InChI=1S/C46H42N6O9/c47-39-29(19-31(49-33(53)21-59-23-11-3-1-4-12-23)35-37(39)43(57)27-17-9-7-15-25(27)41(35)55)45-51-52-46(61-45)30-20-32(50-34(54)22-60-24-13-5-2-6-14-24)36-38(40(30)48)44(58)28-18-10-8-16-26(28)42(36)56/h7-10,15-20,23-24H,1-6,11-14,21-22,47-48H2,(H,49,53)(H,50,54). The molecule has 0 radical (unpaired) electrons. The van der Waals surface area contributed by atoms with E-state index in [0.717, 1.165) is 64.2 Å². The van der Waals surface area contributed by atoms with Gasteiger partial charge in [0.2, 0.25) is 23.6 Å². The van der Waals surface area contributed by atoms with Crippen molar-refractivity contribution < 1.29 is 42.7 Å². The van der Waals surface area contributed by atoms with Gasteiger partial charge >= 0.3 is 0 Å². The molecule has 0 saturated heterocycles. The molecule has 2 fully saturated rings. The maximum Gasteiger partial charge on any atom is 0.250 e. The number of nitrogens with zero attached hydrogens (tertiary/aromatic N) is 2. The fraction of sp³-hybridized carbons (Fsp3) is 0.304. The van der Waals surface area contributed by atoms with Crippen molar-refractivity contribution in [3.05, 3.63) is 105 Å². The summed E-state index contributed by atoms with van der Waals surface area (Å²) in [6, 6.07) is 15.4. The van der Waals surface area contributed by atoms with Crippen LogP contribution >= 0.6 is 0 Å². The van der Waals surface area contributed by atoms with E-state index >= 15 is 0 Å². The summed E-state index contributed by atoms with van der Waals surface area (Å²) in [5.74, 6) is -3.66. The van der Waals surface area contributed by atoms with Gasteiger partial charge in [0, 0.05) is 22.3 Å². The van der Waals surface area contributed by atoms with Gasteiger partial charge in [0.15, 0.2) is 23.1 Å². The number of rotatable bonds is 10. The number of amides is 2. The number of carbonyl (C=O) groups excluding carboxylic acids is 6. The highest BCUT2D eigenvalue weighted by atomic mass is 16.5. The predicted octanol–water partition coefficient (Wildman–Crippen LogP) is 6.69. The first-order valence-corrected chi connectivity index (χ1v) is 20.6. The summed E-state index contributed by atoms with van der Waals surface area (Å²) in [4.78, 5) is 83.0. The van der Waals surface area contributed by atoms with Crippen LogP contribution < -0.4 is 22.1 Å². The molecule has 9 rings (SSSR count). The molecule has 4 aliphatic rings.